The smallest absolute Gasteiger partial charge is 0.328 e. The number of carboxylic acids is 1. The molecule has 15 nitrogen and oxygen atoms in total. The third kappa shape index (κ3) is 12.3. The third-order valence-electron chi connectivity index (χ3n) is 6.60. The minimum atomic E-state index is -1.50. The fourth-order valence-corrected chi connectivity index (χ4v) is 4.59. The van der Waals surface area contributed by atoms with E-state index < -0.39 is 66.4 Å². The summed E-state index contributed by atoms with van der Waals surface area (Å²) in [5, 5.41) is 26.1. The zero-order valence-electron chi connectivity index (χ0n) is 24.5. The van der Waals surface area contributed by atoms with Gasteiger partial charge in [-0.25, -0.2) is 4.79 Å². The van der Waals surface area contributed by atoms with Crippen LogP contribution < -0.4 is 33.2 Å². The first-order valence-electron chi connectivity index (χ1n) is 14.0. The van der Waals surface area contributed by atoms with Crippen LogP contribution in [0.15, 0.2) is 4.99 Å². The van der Waals surface area contributed by atoms with Gasteiger partial charge < -0.3 is 48.3 Å². The van der Waals surface area contributed by atoms with Crippen molar-refractivity contribution in [2.24, 2.45) is 34.0 Å². The van der Waals surface area contributed by atoms with E-state index in [2.05, 4.69) is 20.9 Å². The van der Waals surface area contributed by atoms with Crippen molar-refractivity contribution in [3.63, 3.8) is 0 Å². The number of aliphatic imine (C=N–C) groups is 1. The number of aliphatic hydroxyl groups is 1. The molecule has 0 spiro atoms. The van der Waals surface area contributed by atoms with Crippen LogP contribution in [-0.2, 0) is 24.0 Å². The molecule has 1 saturated heterocycles. The molecule has 4 amide bonds. The second kappa shape index (κ2) is 17.4. The van der Waals surface area contributed by atoms with Crippen LogP contribution in [0, 0.1) is 11.8 Å². The Labute approximate surface area is 241 Å². The number of hydrogen-bond donors (Lipinski definition) is 8. The summed E-state index contributed by atoms with van der Waals surface area (Å²) in [6.07, 6.45) is 2.01. The zero-order chi connectivity index (χ0) is 31.3. The first-order valence-corrected chi connectivity index (χ1v) is 14.0. The number of carboxylic acid groups (broad SMARTS) is 1. The van der Waals surface area contributed by atoms with Crippen molar-refractivity contribution in [2.75, 3.05) is 19.7 Å². The van der Waals surface area contributed by atoms with Crippen molar-refractivity contribution >= 4 is 35.6 Å². The Kier molecular flexibility index (Phi) is 15.1. The van der Waals surface area contributed by atoms with Crippen molar-refractivity contribution in [3.8, 4) is 0 Å². The van der Waals surface area contributed by atoms with Crippen LogP contribution >= 0.6 is 0 Å². The molecule has 1 fully saturated rings. The molecule has 0 aromatic rings. The standard InChI is InChI=1S/C26H48N8O7/c1-14(2)11-16(27)21(36)31-17(7-5-9-30-26(28)29)22(37)32-18(12-15(3)4)24(39)34-10-6-8-20(34)23(38)33-19(13-35)25(40)41/h14-20,35H,5-13,27H2,1-4H3,(H,31,36)(H,32,37)(H,33,38)(H,40,41)(H4,28,29,30)/t16-,17-,18-,19-,20-/m0/s1. The van der Waals surface area contributed by atoms with E-state index in [9.17, 15) is 29.1 Å². The number of amides is 4. The van der Waals surface area contributed by atoms with E-state index >= 15 is 0 Å². The van der Waals surface area contributed by atoms with Crippen molar-refractivity contribution in [1.29, 1.82) is 0 Å². The van der Waals surface area contributed by atoms with Crippen molar-refractivity contribution in [3.05, 3.63) is 0 Å². The van der Waals surface area contributed by atoms with E-state index in [-0.39, 0.29) is 43.7 Å². The van der Waals surface area contributed by atoms with Gasteiger partial charge in [-0.3, -0.25) is 24.2 Å². The molecule has 0 aliphatic carbocycles. The molecule has 1 aliphatic heterocycles. The van der Waals surface area contributed by atoms with E-state index in [0.29, 0.717) is 25.7 Å². The van der Waals surface area contributed by atoms with Crippen LogP contribution in [0.5, 0.6) is 0 Å². The van der Waals surface area contributed by atoms with Crippen LogP contribution in [0.25, 0.3) is 0 Å². The van der Waals surface area contributed by atoms with Gasteiger partial charge in [0, 0.05) is 13.1 Å². The number of nitrogens with two attached hydrogens (primary N) is 3. The number of rotatable bonds is 17. The van der Waals surface area contributed by atoms with Crippen molar-refractivity contribution in [2.45, 2.75) is 96.4 Å². The second-order valence-electron chi connectivity index (χ2n) is 11.2. The maximum atomic E-state index is 13.6. The molecule has 41 heavy (non-hydrogen) atoms. The summed E-state index contributed by atoms with van der Waals surface area (Å²) in [6, 6.07) is -5.31. The lowest BCUT2D eigenvalue weighted by atomic mass is 10.0. The molecule has 234 valence electrons. The summed E-state index contributed by atoms with van der Waals surface area (Å²) in [6.45, 7) is 7.26. The highest BCUT2D eigenvalue weighted by Crippen LogP contribution is 2.21. The van der Waals surface area contributed by atoms with E-state index in [1.807, 2.05) is 27.7 Å². The summed E-state index contributed by atoms with van der Waals surface area (Å²) < 4.78 is 0. The SMILES string of the molecule is CC(C)C[C@H](NC(=O)[C@H](CCCN=C(N)N)NC(=O)[C@@H](N)CC(C)C)C(=O)N1CCC[C@H]1C(=O)N[C@@H](CO)C(=O)O. The Hall–Kier alpha value is -3.46. The van der Waals surface area contributed by atoms with Gasteiger partial charge in [-0.2, -0.15) is 0 Å². The fraction of sp³-hybridized carbons (Fsp3) is 0.769. The number of likely N-dealkylation sites (tertiary alicyclic amines) is 1. The molecule has 11 N–H and O–H groups in total. The minimum absolute atomic E-state index is 0.0146. The Morgan fingerprint density at radius 2 is 1.54 bits per heavy atom. The molecule has 15 heteroatoms. The van der Waals surface area contributed by atoms with Gasteiger partial charge in [-0.05, 0) is 50.4 Å². The van der Waals surface area contributed by atoms with Crippen molar-refractivity contribution in [1.82, 2.24) is 20.9 Å². The molecule has 1 aliphatic rings. The summed E-state index contributed by atoms with van der Waals surface area (Å²) in [7, 11) is 0. The summed E-state index contributed by atoms with van der Waals surface area (Å²) >= 11 is 0. The van der Waals surface area contributed by atoms with Gasteiger partial charge in [0.05, 0.1) is 12.6 Å². The van der Waals surface area contributed by atoms with E-state index in [1.54, 1.807) is 0 Å². The van der Waals surface area contributed by atoms with E-state index in [0.717, 1.165) is 0 Å². The molecule has 0 saturated carbocycles. The number of carbonyl (C=O) groups excluding carboxylic acids is 4. The third-order valence-corrected chi connectivity index (χ3v) is 6.60. The molecule has 5 atom stereocenters. The number of guanidine groups is 1. The summed E-state index contributed by atoms with van der Waals surface area (Å²) in [4.78, 5) is 69.1. The Balaban J connectivity index is 3.11. The highest BCUT2D eigenvalue weighted by Gasteiger charge is 2.39. The fourth-order valence-electron chi connectivity index (χ4n) is 4.59. The number of nitrogens with one attached hydrogen (secondary N) is 3. The van der Waals surface area contributed by atoms with Gasteiger partial charge in [0.25, 0.3) is 0 Å². The molecule has 0 radical (unpaired) electrons. The molecule has 0 aromatic carbocycles. The average molecular weight is 585 g/mol. The molecule has 0 unspecified atom stereocenters. The first kappa shape index (κ1) is 35.6. The van der Waals surface area contributed by atoms with Crippen LogP contribution in [0.3, 0.4) is 0 Å². The van der Waals surface area contributed by atoms with E-state index in [1.165, 1.54) is 4.90 Å². The molecule has 1 rings (SSSR count). The van der Waals surface area contributed by atoms with Crippen LogP contribution in [0.2, 0.25) is 0 Å². The number of aliphatic carboxylic acids is 1. The molecular weight excluding hydrogens is 536 g/mol. The van der Waals surface area contributed by atoms with Gasteiger partial charge in [0.1, 0.15) is 24.2 Å². The highest BCUT2D eigenvalue weighted by atomic mass is 16.4. The normalized spacial score (nSPS) is 17.9. The number of carbonyl (C=O) groups is 5. The van der Waals surface area contributed by atoms with Gasteiger partial charge >= 0.3 is 5.97 Å². The summed E-state index contributed by atoms with van der Waals surface area (Å²) in [5.41, 5.74) is 16.8. The monoisotopic (exact) mass is 584 g/mol. The number of hydrogen-bond acceptors (Lipinski definition) is 8. The van der Waals surface area contributed by atoms with E-state index in [4.69, 9.17) is 22.3 Å². The van der Waals surface area contributed by atoms with Gasteiger partial charge in [0.15, 0.2) is 5.96 Å². The molecule has 1 heterocycles. The van der Waals surface area contributed by atoms with Crippen LogP contribution in [0.1, 0.15) is 66.2 Å². The van der Waals surface area contributed by atoms with Gasteiger partial charge in [-0.1, -0.05) is 27.7 Å². The van der Waals surface area contributed by atoms with Crippen LogP contribution in [0.4, 0.5) is 0 Å². The molecule has 0 bridgehead atoms. The predicted octanol–water partition coefficient (Wildman–Crippen LogP) is -2.02. The molecular formula is C26H48N8O7. The van der Waals surface area contributed by atoms with Crippen molar-refractivity contribution < 1.29 is 34.2 Å². The zero-order valence-corrected chi connectivity index (χ0v) is 24.5. The topological polar surface area (TPSA) is 256 Å². The largest absolute Gasteiger partial charge is 0.480 e. The van der Waals surface area contributed by atoms with Gasteiger partial charge in [-0.15, -0.1) is 0 Å². The molecule has 0 aromatic heterocycles. The average Bonchev–Trinajstić information content (AvgIpc) is 3.37. The second-order valence-corrected chi connectivity index (χ2v) is 11.2. The first-order chi connectivity index (χ1) is 19.2. The lowest BCUT2D eigenvalue weighted by Crippen LogP contribution is -2.58. The Morgan fingerprint density at radius 1 is 0.927 bits per heavy atom. The quantitative estimate of drug-likeness (QED) is 0.0529. The summed E-state index contributed by atoms with van der Waals surface area (Å²) in [5.74, 6) is -3.65. The minimum Gasteiger partial charge on any atom is -0.480 e. The lowest BCUT2D eigenvalue weighted by molar-refractivity contribution is -0.145. The Morgan fingerprint density at radius 3 is 2.07 bits per heavy atom. The Bertz CT molecular complexity index is 939. The number of aliphatic hydroxyl groups excluding tert-OH is 1. The van der Waals surface area contributed by atoms with Crippen LogP contribution in [-0.4, -0.2) is 101 Å². The lowest BCUT2D eigenvalue weighted by Gasteiger charge is -2.31. The highest BCUT2D eigenvalue weighted by molar-refractivity contribution is 5.95. The maximum Gasteiger partial charge on any atom is 0.328 e. The van der Waals surface area contributed by atoms with Gasteiger partial charge in [0.2, 0.25) is 23.6 Å². The predicted molar refractivity (Wildman–Crippen MR) is 152 cm³/mol. The number of nitrogens with zero attached hydrogens (tertiary/aromatic N) is 2. The maximum absolute atomic E-state index is 13.6.